The van der Waals surface area contributed by atoms with E-state index in [1.54, 1.807) is 30.5 Å². The molecule has 5 nitrogen and oxygen atoms in total. The average Bonchev–Trinajstić information content (AvgIpc) is 3.27. The molecule has 1 heterocycles. The maximum atomic E-state index is 11.0. The average molecular weight is 396 g/mol. The van der Waals surface area contributed by atoms with Crippen molar-refractivity contribution in [2.24, 2.45) is 5.10 Å². The number of carboxylic acid groups (broad SMARTS) is 1. The van der Waals surface area contributed by atoms with E-state index in [1.165, 1.54) is 0 Å². The number of carboxylic acids is 1. The Balaban J connectivity index is 1.54. The fourth-order valence-electron chi connectivity index (χ4n) is 3.04. The zero-order valence-corrected chi connectivity index (χ0v) is 16.2. The SMILES string of the molecule is O=C(O)c1ccc(-c2ccc(C=NN(Cc3ccccc3)c3ccccc3)o2)cc1. The van der Waals surface area contributed by atoms with Crippen molar-refractivity contribution in [2.45, 2.75) is 6.54 Å². The Bertz CT molecular complexity index is 1130. The summed E-state index contributed by atoms with van der Waals surface area (Å²) in [4.78, 5) is 11.0. The van der Waals surface area contributed by atoms with E-state index in [4.69, 9.17) is 9.52 Å². The molecular weight excluding hydrogens is 376 g/mol. The van der Waals surface area contributed by atoms with Gasteiger partial charge in [-0.05, 0) is 42.0 Å². The van der Waals surface area contributed by atoms with Gasteiger partial charge < -0.3 is 9.52 Å². The van der Waals surface area contributed by atoms with Crippen molar-refractivity contribution in [1.29, 1.82) is 0 Å². The van der Waals surface area contributed by atoms with Crippen LogP contribution in [-0.4, -0.2) is 17.3 Å². The number of aromatic carboxylic acids is 1. The summed E-state index contributed by atoms with van der Waals surface area (Å²) in [7, 11) is 0. The van der Waals surface area contributed by atoms with Gasteiger partial charge in [-0.2, -0.15) is 5.10 Å². The van der Waals surface area contributed by atoms with Gasteiger partial charge in [0.25, 0.3) is 0 Å². The largest absolute Gasteiger partial charge is 0.478 e. The van der Waals surface area contributed by atoms with Crippen LogP contribution in [0.5, 0.6) is 0 Å². The first-order valence-corrected chi connectivity index (χ1v) is 9.53. The van der Waals surface area contributed by atoms with Crippen molar-refractivity contribution in [1.82, 2.24) is 0 Å². The Morgan fingerprint density at radius 2 is 1.53 bits per heavy atom. The van der Waals surface area contributed by atoms with Crippen LogP contribution in [0.15, 0.2) is 107 Å². The molecular formula is C25H20N2O3. The number of rotatable bonds is 7. The normalized spacial score (nSPS) is 10.9. The monoisotopic (exact) mass is 396 g/mol. The lowest BCUT2D eigenvalue weighted by molar-refractivity contribution is 0.0697. The summed E-state index contributed by atoms with van der Waals surface area (Å²) in [5.74, 6) is 0.317. The van der Waals surface area contributed by atoms with Gasteiger partial charge in [0, 0.05) is 5.56 Å². The van der Waals surface area contributed by atoms with Crippen molar-refractivity contribution in [3.8, 4) is 11.3 Å². The number of hydrazone groups is 1. The first kappa shape index (κ1) is 19.2. The standard InChI is InChI=1S/C25H20N2O3/c28-25(29)21-13-11-20(12-14-21)24-16-15-23(30-24)17-26-27(22-9-5-2-6-10-22)18-19-7-3-1-4-8-19/h1-17H,18H2,(H,28,29). The van der Waals surface area contributed by atoms with Crippen LogP contribution in [-0.2, 0) is 6.54 Å². The molecule has 4 aromatic rings. The van der Waals surface area contributed by atoms with Crippen LogP contribution >= 0.6 is 0 Å². The molecule has 0 aliphatic heterocycles. The quantitative estimate of drug-likeness (QED) is 0.322. The number of hydrogen-bond donors (Lipinski definition) is 1. The van der Waals surface area contributed by atoms with Crippen LogP contribution in [0.3, 0.4) is 0 Å². The Morgan fingerprint density at radius 1 is 0.867 bits per heavy atom. The highest BCUT2D eigenvalue weighted by Crippen LogP contribution is 2.23. The van der Waals surface area contributed by atoms with Crippen molar-refractivity contribution >= 4 is 17.9 Å². The topological polar surface area (TPSA) is 66.0 Å². The zero-order valence-electron chi connectivity index (χ0n) is 16.2. The molecule has 0 fully saturated rings. The van der Waals surface area contributed by atoms with Crippen LogP contribution in [0, 0.1) is 0 Å². The minimum absolute atomic E-state index is 0.242. The second-order valence-corrected chi connectivity index (χ2v) is 6.71. The summed E-state index contributed by atoms with van der Waals surface area (Å²) in [6, 6.07) is 30.4. The highest BCUT2D eigenvalue weighted by atomic mass is 16.4. The molecule has 3 aromatic carbocycles. The lowest BCUT2D eigenvalue weighted by Gasteiger charge is -2.19. The van der Waals surface area contributed by atoms with E-state index in [0.29, 0.717) is 18.1 Å². The van der Waals surface area contributed by atoms with E-state index in [-0.39, 0.29) is 5.56 Å². The van der Waals surface area contributed by atoms with Gasteiger partial charge in [-0.15, -0.1) is 0 Å². The summed E-state index contributed by atoms with van der Waals surface area (Å²) < 4.78 is 5.88. The highest BCUT2D eigenvalue weighted by Gasteiger charge is 2.08. The van der Waals surface area contributed by atoms with Crippen LogP contribution in [0.4, 0.5) is 5.69 Å². The maximum Gasteiger partial charge on any atom is 0.335 e. The molecule has 30 heavy (non-hydrogen) atoms. The van der Waals surface area contributed by atoms with Crippen LogP contribution in [0.1, 0.15) is 21.7 Å². The van der Waals surface area contributed by atoms with E-state index in [0.717, 1.165) is 16.8 Å². The Morgan fingerprint density at radius 3 is 2.20 bits per heavy atom. The minimum atomic E-state index is -0.951. The number of nitrogens with zero attached hydrogens (tertiary/aromatic N) is 2. The Labute approximate surface area is 174 Å². The molecule has 5 heteroatoms. The smallest absolute Gasteiger partial charge is 0.335 e. The van der Waals surface area contributed by atoms with Crippen molar-refractivity contribution in [3.63, 3.8) is 0 Å². The number of benzene rings is 3. The molecule has 1 N–H and O–H groups in total. The zero-order chi connectivity index (χ0) is 20.8. The van der Waals surface area contributed by atoms with E-state index >= 15 is 0 Å². The summed E-state index contributed by atoms with van der Waals surface area (Å²) in [6.07, 6.45) is 1.69. The Kier molecular flexibility index (Phi) is 5.71. The third-order valence-corrected chi connectivity index (χ3v) is 4.60. The summed E-state index contributed by atoms with van der Waals surface area (Å²) in [6.45, 7) is 0.631. The molecule has 0 unspecified atom stereocenters. The van der Waals surface area contributed by atoms with Gasteiger partial charge in [0.1, 0.15) is 11.5 Å². The van der Waals surface area contributed by atoms with Crippen molar-refractivity contribution < 1.29 is 14.3 Å². The number of hydrogen-bond acceptors (Lipinski definition) is 4. The highest BCUT2D eigenvalue weighted by molar-refractivity contribution is 5.88. The van der Waals surface area contributed by atoms with Crippen molar-refractivity contribution in [3.05, 3.63) is 114 Å². The molecule has 1 aromatic heterocycles. The van der Waals surface area contributed by atoms with Gasteiger partial charge in [-0.3, -0.25) is 5.01 Å². The molecule has 148 valence electrons. The molecule has 0 saturated heterocycles. The molecule has 4 rings (SSSR count). The van der Waals surface area contributed by atoms with E-state index in [9.17, 15) is 4.79 Å². The van der Waals surface area contributed by atoms with Crippen molar-refractivity contribution in [2.75, 3.05) is 5.01 Å². The summed E-state index contributed by atoms with van der Waals surface area (Å²) >= 11 is 0. The lowest BCUT2D eigenvalue weighted by Crippen LogP contribution is -2.15. The maximum absolute atomic E-state index is 11.0. The molecule has 0 saturated carbocycles. The summed E-state index contributed by atoms with van der Waals surface area (Å²) in [5, 5.41) is 15.6. The predicted octanol–water partition coefficient (Wildman–Crippen LogP) is 5.69. The van der Waals surface area contributed by atoms with Gasteiger partial charge in [0.15, 0.2) is 0 Å². The van der Waals surface area contributed by atoms with E-state index in [2.05, 4.69) is 17.2 Å². The number of anilines is 1. The van der Waals surface area contributed by atoms with Gasteiger partial charge in [-0.1, -0.05) is 60.7 Å². The lowest BCUT2D eigenvalue weighted by atomic mass is 10.1. The second-order valence-electron chi connectivity index (χ2n) is 6.71. The number of carbonyl (C=O) groups is 1. The van der Waals surface area contributed by atoms with Gasteiger partial charge >= 0.3 is 5.97 Å². The van der Waals surface area contributed by atoms with Gasteiger partial charge in [-0.25, -0.2) is 4.79 Å². The van der Waals surface area contributed by atoms with Gasteiger partial charge in [0.05, 0.1) is 24.0 Å². The van der Waals surface area contributed by atoms with Crippen LogP contribution in [0.25, 0.3) is 11.3 Å². The molecule has 0 bridgehead atoms. The molecule has 0 atom stereocenters. The molecule has 0 aliphatic carbocycles. The minimum Gasteiger partial charge on any atom is -0.478 e. The molecule has 0 amide bonds. The third-order valence-electron chi connectivity index (χ3n) is 4.60. The number of para-hydroxylation sites is 1. The second kappa shape index (κ2) is 8.92. The number of furan rings is 1. The van der Waals surface area contributed by atoms with E-state index < -0.39 is 5.97 Å². The molecule has 0 spiro atoms. The first-order valence-electron chi connectivity index (χ1n) is 9.53. The molecule has 0 aliphatic rings. The van der Waals surface area contributed by atoms with E-state index in [1.807, 2.05) is 65.7 Å². The fraction of sp³-hybridized carbons (Fsp3) is 0.0400. The fourth-order valence-corrected chi connectivity index (χ4v) is 3.04. The van der Waals surface area contributed by atoms with Crippen LogP contribution in [0.2, 0.25) is 0 Å². The van der Waals surface area contributed by atoms with Crippen LogP contribution < -0.4 is 5.01 Å². The summed E-state index contributed by atoms with van der Waals surface area (Å²) in [5.41, 5.74) is 3.18. The Hall–Kier alpha value is -4.12. The first-order chi connectivity index (χ1) is 14.7. The third kappa shape index (κ3) is 4.64. The predicted molar refractivity (Wildman–Crippen MR) is 118 cm³/mol. The van der Waals surface area contributed by atoms with Gasteiger partial charge in [0.2, 0.25) is 0 Å². The molecule has 0 radical (unpaired) electrons.